The fourth-order valence-electron chi connectivity index (χ4n) is 1.88. The minimum atomic E-state index is -1.14. The van der Waals surface area contributed by atoms with Gasteiger partial charge in [0.25, 0.3) is 5.91 Å². The molecule has 1 aliphatic heterocycles. The van der Waals surface area contributed by atoms with Crippen molar-refractivity contribution in [1.29, 1.82) is 0 Å². The first-order valence-corrected chi connectivity index (χ1v) is 5.95. The molecule has 1 aromatic carbocycles. The number of aliphatic carboxylic acids is 1. The molecule has 0 atom stereocenters. The molecule has 7 nitrogen and oxygen atoms in total. The van der Waals surface area contributed by atoms with Crippen LogP contribution in [0.1, 0.15) is 23.2 Å². The summed E-state index contributed by atoms with van der Waals surface area (Å²) in [5.41, 5.74) is 0.668. The Morgan fingerprint density at radius 2 is 1.65 bits per heavy atom. The zero-order valence-corrected chi connectivity index (χ0v) is 10.5. The number of benzene rings is 1. The van der Waals surface area contributed by atoms with Crippen LogP contribution in [-0.4, -0.2) is 35.3 Å². The maximum atomic E-state index is 11.6. The first kappa shape index (κ1) is 13.7. The Morgan fingerprint density at radius 1 is 1.10 bits per heavy atom. The second-order valence-electron chi connectivity index (χ2n) is 4.25. The Morgan fingerprint density at radius 3 is 2.15 bits per heavy atom. The Labute approximate surface area is 114 Å². The molecule has 0 radical (unpaired) electrons. The van der Waals surface area contributed by atoms with Gasteiger partial charge in [-0.15, -0.1) is 0 Å². The van der Waals surface area contributed by atoms with E-state index in [-0.39, 0.29) is 30.2 Å². The lowest BCUT2D eigenvalue weighted by molar-refractivity contribution is -0.135. The molecule has 2 rings (SSSR count). The van der Waals surface area contributed by atoms with Crippen LogP contribution in [0.15, 0.2) is 24.3 Å². The van der Waals surface area contributed by atoms with Gasteiger partial charge in [0.15, 0.2) is 0 Å². The molecule has 0 unspecified atom stereocenters. The standard InChI is InChI=1S/C13H12N2O5/c16-10-5-6-11(17)15(10)9-3-1-8(2-4-9)13(20)14-7-12(18)19/h1-4H,5-7H2,(H,14,20)(H,18,19). The van der Waals surface area contributed by atoms with E-state index in [1.807, 2.05) is 0 Å². The number of carboxylic acid groups (broad SMARTS) is 1. The number of carboxylic acids is 1. The third kappa shape index (κ3) is 2.82. The van der Waals surface area contributed by atoms with Gasteiger partial charge in [0.2, 0.25) is 11.8 Å². The van der Waals surface area contributed by atoms with E-state index in [0.29, 0.717) is 5.69 Å². The fraction of sp³-hybridized carbons (Fsp3) is 0.231. The van der Waals surface area contributed by atoms with Crippen LogP contribution in [0.4, 0.5) is 5.69 Å². The first-order chi connectivity index (χ1) is 9.49. The minimum Gasteiger partial charge on any atom is -0.480 e. The molecule has 104 valence electrons. The third-order valence-corrected chi connectivity index (χ3v) is 2.84. The van der Waals surface area contributed by atoms with E-state index < -0.39 is 18.4 Å². The van der Waals surface area contributed by atoms with Crippen LogP contribution in [0.3, 0.4) is 0 Å². The van der Waals surface area contributed by atoms with Crippen LogP contribution in [0, 0.1) is 0 Å². The Bertz CT molecular complexity index is 563. The highest BCUT2D eigenvalue weighted by Crippen LogP contribution is 2.22. The van der Waals surface area contributed by atoms with Gasteiger partial charge in [-0.3, -0.25) is 24.1 Å². The van der Waals surface area contributed by atoms with Gasteiger partial charge >= 0.3 is 5.97 Å². The minimum absolute atomic E-state index is 0.194. The summed E-state index contributed by atoms with van der Waals surface area (Å²) in [6, 6.07) is 5.84. The van der Waals surface area contributed by atoms with Crippen molar-refractivity contribution in [3.63, 3.8) is 0 Å². The van der Waals surface area contributed by atoms with Gasteiger partial charge in [-0.25, -0.2) is 0 Å². The van der Waals surface area contributed by atoms with Crippen LogP contribution >= 0.6 is 0 Å². The molecule has 0 bridgehead atoms. The van der Waals surface area contributed by atoms with E-state index in [2.05, 4.69) is 5.32 Å². The monoisotopic (exact) mass is 276 g/mol. The summed E-state index contributed by atoms with van der Waals surface area (Å²) in [4.78, 5) is 46.1. The number of carbonyl (C=O) groups excluding carboxylic acids is 3. The number of carbonyl (C=O) groups is 4. The normalized spacial score (nSPS) is 14.5. The molecular formula is C13H12N2O5. The lowest BCUT2D eigenvalue weighted by Crippen LogP contribution is -2.30. The highest BCUT2D eigenvalue weighted by atomic mass is 16.4. The van der Waals surface area contributed by atoms with Gasteiger partial charge in [-0.05, 0) is 24.3 Å². The quantitative estimate of drug-likeness (QED) is 0.762. The van der Waals surface area contributed by atoms with Gasteiger partial charge < -0.3 is 10.4 Å². The highest BCUT2D eigenvalue weighted by Gasteiger charge is 2.30. The van der Waals surface area contributed by atoms with E-state index in [4.69, 9.17) is 5.11 Å². The number of hydrogen-bond donors (Lipinski definition) is 2. The molecular weight excluding hydrogens is 264 g/mol. The number of hydrogen-bond acceptors (Lipinski definition) is 4. The molecule has 0 aliphatic carbocycles. The molecule has 0 spiro atoms. The van der Waals surface area contributed by atoms with Crippen molar-refractivity contribution in [2.24, 2.45) is 0 Å². The molecule has 3 amide bonds. The van der Waals surface area contributed by atoms with Crippen LogP contribution < -0.4 is 10.2 Å². The average molecular weight is 276 g/mol. The molecule has 1 aliphatic rings. The van der Waals surface area contributed by atoms with Gasteiger partial charge in [0.05, 0.1) is 5.69 Å². The van der Waals surface area contributed by atoms with E-state index in [9.17, 15) is 19.2 Å². The van der Waals surface area contributed by atoms with Crippen molar-refractivity contribution in [2.75, 3.05) is 11.4 Å². The van der Waals surface area contributed by atoms with Gasteiger partial charge in [0.1, 0.15) is 6.54 Å². The molecule has 1 saturated heterocycles. The summed E-state index contributed by atoms with van der Waals surface area (Å²) in [6.07, 6.45) is 0.388. The third-order valence-electron chi connectivity index (χ3n) is 2.84. The summed E-state index contributed by atoms with van der Waals surface area (Å²) in [7, 11) is 0. The Balaban J connectivity index is 2.10. The van der Waals surface area contributed by atoms with Crippen molar-refractivity contribution in [3.8, 4) is 0 Å². The molecule has 1 aromatic rings. The van der Waals surface area contributed by atoms with E-state index in [1.165, 1.54) is 24.3 Å². The van der Waals surface area contributed by atoms with Crippen molar-refractivity contribution in [1.82, 2.24) is 5.32 Å². The van der Waals surface area contributed by atoms with E-state index >= 15 is 0 Å². The Kier molecular flexibility index (Phi) is 3.79. The smallest absolute Gasteiger partial charge is 0.322 e. The lowest BCUT2D eigenvalue weighted by atomic mass is 10.2. The van der Waals surface area contributed by atoms with Crippen LogP contribution in [0.2, 0.25) is 0 Å². The number of amides is 3. The summed E-state index contributed by atoms with van der Waals surface area (Å²) in [5, 5.41) is 10.7. The molecule has 1 heterocycles. The maximum absolute atomic E-state index is 11.6. The molecule has 0 aromatic heterocycles. The predicted octanol–water partition coefficient (Wildman–Crippen LogP) is 0.154. The number of nitrogens with one attached hydrogen (secondary N) is 1. The van der Waals surface area contributed by atoms with Crippen LogP contribution in [-0.2, 0) is 14.4 Å². The second-order valence-corrected chi connectivity index (χ2v) is 4.25. The zero-order chi connectivity index (χ0) is 14.7. The average Bonchev–Trinajstić information content (AvgIpc) is 2.76. The van der Waals surface area contributed by atoms with Gasteiger partial charge in [-0.2, -0.15) is 0 Å². The van der Waals surface area contributed by atoms with Crippen molar-refractivity contribution in [2.45, 2.75) is 12.8 Å². The first-order valence-electron chi connectivity index (χ1n) is 5.95. The summed E-state index contributed by atoms with van der Waals surface area (Å²) in [6.45, 7) is -0.469. The van der Waals surface area contributed by atoms with Crippen molar-refractivity contribution in [3.05, 3.63) is 29.8 Å². The maximum Gasteiger partial charge on any atom is 0.322 e. The lowest BCUT2D eigenvalue weighted by Gasteiger charge is -2.14. The molecule has 2 N–H and O–H groups in total. The van der Waals surface area contributed by atoms with Gasteiger partial charge in [0, 0.05) is 18.4 Å². The molecule has 7 heteroatoms. The number of rotatable bonds is 4. The van der Waals surface area contributed by atoms with Crippen molar-refractivity contribution >= 4 is 29.4 Å². The summed E-state index contributed by atoms with van der Waals surface area (Å²) in [5.74, 6) is -2.20. The molecule has 20 heavy (non-hydrogen) atoms. The van der Waals surface area contributed by atoms with E-state index in [1.54, 1.807) is 0 Å². The largest absolute Gasteiger partial charge is 0.480 e. The topological polar surface area (TPSA) is 104 Å². The summed E-state index contributed by atoms with van der Waals surface area (Å²) >= 11 is 0. The zero-order valence-electron chi connectivity index (χ0n) is 10.5. The van der Waals surface area contributed by atoms with Gasteiger partial charge in [-0.1, -0.05) is 0 Å². The molecule has 1 fully saturated rings. The van der Waals surface area contributed by atoms with Crippen molar-refractivity contribution < 1.29 is 24.3 Å². The second kappa shape index (κ2) is 5.52. The predicted molar refractivity (Wildman–Crippen MR) is 68.1 cm³/mol. The highest BCUT2D eigenvalue weighted by molar-refractivity contribution is 6.19. The molecule has 0 saturated carbocycles. The van der Waals surface area contributed by atoms with Crippen LogP contribution in [0.25, 0.3) is 0 Å². The summed E-state index contributed by atoms with van der Waals surface area (Å²) < 4.78 is 0. The SMILES string of the molecule is O=C(O)CNC(=O)c1ccc(N2C(=O)CCC2=O)cc1. The number of nitrogens with zero attached hydrogens (tertiary/aromatic N) is 1. The van der Waals surface area contributed by atoms with Crippen LogP contribution in [0.5, 0.6) is 0 Å². The number of imide groups is 1. The Hall–Kier alpha value is -2.70. The number of anilines is 1. The fourth-order valence-corrected chi connectivity index (χ4v) is 1.88. The van der Waals surface area contributed by atoms with E-state index in [0.717, 1.165) is 4.90 Å².